The molecule has 0 spiro atoms. The van der Waals surface area contributed by atoms with Crippen molar-refractivity contribution in [1.29, 1.82) is 0 Å². The number of hydrogen-bond donors (Lipinski definition) is 3. The molecule has 4 N–H and O–H groups in total. The lowest BCUT2D eigenvalue weighted by atomic mass is 9.64. The van der Waals surface area contributed by atoms with Gasteiger partial charge in [-0.05, 0) is 35.3 Å². The van der Waals surface area contributed by atoms with Crippen molar-refractivity contribution < 1.29 is 9.59 Å². The Balaban J connectivity index is 1.91. The Morgan fingerprint density at radius 3 is 2.15 bits per heavy atom. The molecule has 27 heavy (non-hydrogen) atoms. The second-order valence-electron chi connectivity index (χ2n) is 9.23. The molecule has 0 aliphatic heterocycles. The summed E-state index contributed by atoms with van der Waals surface area (Å²) in [6.45, 7) is 11.0. The quantitative estimate of drug-likeness (QED) is 0.687. The zero-order valence-electron chi connectivity index (χ0n) is 17.4. The van der Waals surface area contributed by atoms with Gasteiger partial charge in [0.2, 0.25) is 11.8 Å². The number of carbonyl (C=O) groups excluding carboxylic acids is 2. The van der Waals surface area contributed by atoms with Crippen molar-refractivity contribution in [3.8, 4) is 0 Å². The molecular formula is C22H35N3O2. The average molecular weight is 374 g/mol. The maximum Gasteiger partial charge on any atom is 0.239 e. The third kappa shape index (κ3) is 5.32. The van der Waals surface area contributed by atoms with Gasteiger partial charge in [-0.3, -0.25) is 9.59 Å². The highest BCUT2D eigenvalue weighted by Crippen LogP contribution is 2.43. The van der Waals surface area contributed by atoms with Gasteiger partial charge in [-0.15, -0.1) is 0 Å². The first-order valence-electron chi connectivity index (χ1n) is 9.96. The predicted octanol–water partition coefficient (Wildman–Crippen LogP) is 2.62. The molecule has 1 aromatic rings. The van der Waals surface area contributed by atoms with Gasteiger partial charge in [0.05, 0.1) is 12.6 Å². The molecule has 1 atom stereocenters. The van der Waals surface area contributed by atoms with Crippen molar-refractivity contribution >= 4 is 11.8 Å². The molecule has 0 saturated heterocycles. The Kier molecular flexibility index (Phi) is 6.68. The fourth-order valence-corrected chi connectivity index (χ4v) is 3.41. The normalized spacial score (nSPS) is 17.1. The van der Waals surface area contributed by atoms with Gasteiger partial charge in [0.15, 0.2) is 0 Å². The van der Waals surface area contributed by atoms with E-state index >= 15 is 0 Å². The van der Waals surface area contributed by atoms with Crippen LogP contribution in [0, 0.1) is 5.92 Å². The minimum atomic E-state index is -0.586. The lowest BCUT2D eigenvalue weighted by Crippen LogP contribution is -2.50. The number of nitrogens with one attached hydrogen (secondary N) is 2. The van der Waals surface area contributed by atoms with Crippen molar-refractivity contribution in [2.45, 2.75) is 70.8 Å². The van der Waals surface area contributed by atoms with Crippen LogP contribution in [0.15, 0.2) is 24.3 Å². The Morgan fingerprint density at radius 1 is 1.11 bits per heavy atom. The smallest absolute Gasteiger partial charge is 0.239 e. The Hall–Kier alpha value is -1.88. The molecule has 0 bridgehead atoms. The van der Waals surface area contributed by atoms with Crippen molar-refractivity contribution in [1.82, 2.24) is 10.6 Å². The summed E-state index contributed by atoms with van der Waals surface area (Å²) in [7, 11) is 0. The van der Waals surface area contributed by atoms with Crippen LogP contribution in [0.5, 0.6) is 0 Å². The molecule has 0 heterocycles. The third-order valence-electron chi connectivity index (χ3n) is 5.74. The number of amides is 2. The second-order valence-corrected chi connectivity index (χ2v) is 9.23. The van der Waals surface area contributed by atoms with Crippen molar-refractivity contribution in [3.05, 3.63) is 35.4 Å². The van der Waals surface area contributed by atoms with E-state index in [0.29, 0.717) is 6.54 Å². The largest absolute Gasteiger partial charge is 0.354 e. The first kappa shape index (κ1) is 21.4. The Bertz CT molecular complexity index is 655. The van der Waals surface area contributed by atoms with E-state index in [1.54, 1.807) is 0 Å². The van der Waals surface area contributed by atoms with Gasteiger partial charge in [0.1, 0.15) is 0 Å². The van der Waals surface area contributed by atoms with Crippen LogP contribution in [0.1, 0.15) is 65.0 Å². The van der Waals surface area contributed by atoms with E-state index in [1.807, 2.05) is 13.8 Å². The zero-order valence-corrected chi connectivity index (χ0v) is 17.4. The second kappa shape index (κ2) is 8.42. The van der Waals surface area contributed by atoms with Gasteiger partial charge in [-0.1, -0.05) is 65.3 Å². The number of benzene rings is 1. The van der Waals surface area contributed by atoms with Gasteiger partial charge in [0, 0.05) is 12.0 Å². The number of hydrogen-bond acceptors (Lipinski definition) is 3. The third-order valence-corrected chi connectivity index (χ3v) is 5.74. The number of rotatable bonds is 7. The molecule has 0 aromatic heterocycles. The highest BCUT2D eigenvalue weighted by Gasteiger charge is 2.39. The molecular weight excluding hydrogens is 338 g/mol. The lowest BCUT2D eigenvalue weighted by molar-refractivity contribution is -0.127. The SMILES string of the molecule is CC(C)[C@H](N)C(=O)NCC(=O)NCC1(c2ccc(C(C)(C)C)cc2)CCC1. The maximum atomic E-state index is 12.2. The molecule has 150 valence electrons. The average Bonchev–Trinajstić information content (AvgIpc) is 2.57. The fraction of sp³-hybridized carbons (Fsp3) is 0.636. The first-order chi connectivity index (χ1) is 12.5. The van der Waals surface area contributed by atoms with Gasteiger partial charge in [0.25, 0.3) is 0 Å². The molecule has 1 fully saturated rings. The van der Waals surface area contributed by atoms with Crippen LogP contribution < -0.4 is 16.4 Å². The van der Waals surface area contributed by atoms with E-state index < -0.39 is 6.04 Å². The summed E-state index contributed by atoms with van der Waals surface area (Å²) in [4.78, 5) is 24.1. The van der Waals surface area contributed by atoms with Gasteiger partial charge >= 0.3 is 0 Å². The number of carbonyl (C=O) groups is 2. The Morgan fingerprint density at radius 2 is 1.70 bits per heavy atom. The fourth-order valence-electron chi connectivity index (χ4n) is 3.41. The van der Waals surface area contributed by atoms with E-state index in [1.165, 1.54) is 17.5 Å². The highest BCUT2D eigenvalue weighted by atomic mass is 16.2. The predicted molar refractivity (Wildman–Crippen MR) is 110 cm³/mol. The summed E-state index contributed by atoms with van der Waals surface area (Å²) in [5.74, 6) is -0.407. The van der Waals surface area contributed by atoms with Crippen molar-refractivity contribution in [3.63, 3.8) is 0 Å². The van der Waals surface area contributed by atoms with Crippen LogP contribution >= 0.6 is 0 Å². The summed E-state index contributed by atoms with van der Waals surface area (Å²) >= 11 is 0. The lowest BCUT2D eigenvalue weighted by Gasteiger charge is -2.43. The number of nitrogens with two attached hydrogens (primary N) is 1. The maximum absolute atomic E-state index is 12.2. The molecule has 1 saturated carbocycles. The standard InChI is InChI=1S/C22H35N3O2/c1-15(2)19(23)20(27)24-13-18(26)25-14-22(11-6-12-22)17-9-7-16(8-10-17)21(3,4)5/h7-10,15,19H,6,11-14,23H2,1-5H3,(H,24,27)(H,25,26)/t19-/m0/s1. The monoisotopic (exact) mass is 373 g/mol. The summed E-state index contributed by atoms with van der Waals surface area (Å²) in [5, 5.41) is 5.62. The molecule has 2 amide bonds. The summed E-state index contributed by atoms with van der Waals surface area (Å²) in [5.41, 5.74) is 8.55. The molecule has 1 aliphatic rings. The minimum absolute atomic E-state index is 0.0183. The molecule has 0 radical (unpaired) electrons. The van der Waals surface area contributed by atoms with Crippen LogP contribution in [0.25, 0.3) is 0 Å². The van der Waals surface area contributed by atoms with Crippen LogP contribution in [0.4, 0.5) is 0 Å². The molecule has 0 unspecified atom stereocenters. The molecule has 1 aliphatic carbocycles. The van der Waals surface area contributed by atoms with Crippen LogP contribution in [-0.2, 0) is 20.4 Å². The summed E-state index contributed by atoms with van der Waals surface area (Å²) in [6, 6.07) is 8.22. The zero-order chi connectivity index (χ0) is 20.2. The molecule has 2 rings (SSSR count). The van der Waals surface area contributed by atoms with E-state index in [2.05, 4.69) is 55.7 Å². The molecule has 5 nitrogen and oxygen atoms in total. The Labute approximate surface area is 163 Å². The van der Waals surface area contributed by atoms with E-state index in [-0.39, 0.29) is 35.1 Å². The van der Waals surface area contributed by atoms with Crippen LogP contribution in [-0.4, -0.2) is 30.9 Å². The van der Waals surface area contributed by atoms with Crippen molar-refractivity contribution in [2.24, 2.45) is 11.7 Å². The topological polar surface area (TPSA) is 84.2 Å². The van der Waals surface area contributed by atoms with Crippen LogP contribution in [0.2, 0.25) is 0 Å². The van der Waals surface area contributed by atoms with E-state index in [4.69, 9.17) is 5.73 Å². The van der Waals surface area contributed by atoms with Crippen LogP contribution in [0.3, 0.4) is 0 Å². The van der Waals surface area contributed by atoms with E-state index in [0.717, 1.165) is 12.8 Å². The highest BCUT2D eigenvalue weighted by molar-refractivity contribution is 5.87. The van der Waals surface area contributed by atoms with Crippen molar-refractivity contribution in [2.75, 3.05) is 13.1 Å². The summed E-state index contributed by atoms with van der Waals surface area (Å²) < 4.78 is 0. The molecule has 1 aromatic carbocycles. The van der Waals surface area contributed by atoms with E-state index in [9.17, 15) is 9.59 Å². The van der Waals surface area contributed by atoms with Gasteiger partial charge in [-0.25, -0.2) is 0 Å². The van der Waals surface area contributed by atoms with Gasteiger partial charge in [-0.2, -0.15) is 0 Å². The minimum Gasteiger partial charge on any atom is -0.354 e. The molecule has 5 heteroatoms. The van der Waals surface area contributed by atoms with Gasteiger partial charge < -0.3 is 16.4 Å². The summed E-state index contributed by atoms with van der Waals surface area (Å²) in [6.07, 6.45) is 3.33. The first-order valence-corrected chi connectivity index (χ1v) is 9.96.